The van der Waals surface area contributed by atoms with E-state index in [0.29, 0.717) is 5.95 Å². The van der Waals surface area contributed by atoms with Gasteiger partial charge in [-0.15, -0.1) is 5.10 Å². The summed E-state index contributed by atoms with van der Waals surface area (Å²) in [6, 6.07) is 16.4. The van der Waals surface area contributed by atoms with Gasteiger partial charge in [-0.2, -0.15) is 10.1 Å². The molecule has 1 aliphatic heterocycles. The lowest BCUT2D eigenvalue weighted by atomic mass is 10.0. The van der Waals surface area contributed by atoms with E-state index >= 15 is 0 Å². The Hall–Kier alpha value is -2.66. The van der Waals surface area contributed by atoms with Crippen LogP contribution in [0.5, 0.6) is 0 Å². The van der Waals surface area contributed by atoms with Crippen LogP contribution in [0.15, 0.2) is 54.7 Å². The van der Waals surface area contributed by atoms with Crippen molar-refractivity contribution in [3.63, 3.8) is 0 Å². The van der Waals surface area contributed by atoms with Crippen molar-refractivity contribution in [3.8, 4) is 0 Å². The second-order valence-corrected chi connectivity index (χ2v) is 6.83. The summed E-state index contributed by atoms with van der Waals surface area (Å²) in [5.74, 6) is 1.42. The van der Waals surface area contributed by atoms with Crippen LogP contribution in [0, 0.1) is 0 Å². The summed E-state index contributed by atoms with van der Waals surface area (Å²) in [7, 11) is 0. The predicted octanol–water partition coefficient (Wildman–Crippen LogP) is 3.74. The standard InChI is InChI=1S/C20H20ClN5/c21-18-7-3-4-15(12-18)8-10-22-19-13-23-25-20(24-19)26-11-9-16-5-1-2-6-17(16)14-26/h1-7,12-13H,8-11,14H2,(H,22,24,25). The molecule has 2 heterocycles. The van der Waals surface area contributed by atoms with E-state index in [9.17, 15) is 0 Å². The Labute approximate surface area is 158 Å². The third kappa shape index (κ3) is 3.94. The summed E-state index contributed by atoms with van der Waals surface area (Å²) in [6.07, 6.45) is 3.54. The van der Waals surface area contributed by atoms with Crippen molar-refractivity contribution in [3.05, 3.63) is 76.4 Å². The Kier molecular flexibility index (Phi) is 4.97. The molecule has 0 saturated heterocycles. The number of nitrogens with one attached hydrogen (secondary N) is 1. The number of benzene rings is 2. The molecule has 0 amide bonds. The first kappa shape index (κ1) is 16.8. The Morgan fingerprint density at radius 3 is 2.85 bits per heavy atom. The summed E-state index contributed by atoms with van der Waals surface area (Å²) in [4.78, 5) is 6.81. The van der Waals surface area contributed by atoms with Crippen molar-refractivity contribution in [1.29, 1.82) is 0 Å². The number of halogens is 1. The zero-order valence-electron chi connectivity index (χ0n) is 14.4. The highest BCUT2D eigenvalue weighted by Gasteiger charge is 2.18. The van der Waals surface area contributed by atoms with Crippen LogP contribution >= 0.6 is 11.6 Å². The van der Waals surface area contributed by atoms with Crippen LogP contribution < -0.4 is 10.2 Å². The number of aromatic nitrogens is 3. The van der Waals surface area contributed by atoms with Gasteiger partial charge in [0.05, 0.1) is 6.20 Å². The van der Waals surface area contributed by atoms with Crippen molar-refractivity contribution >= 4 is 23.4 Å². The fraction of sp³-hybridized carbons (Fsp3) is 0.250. The zero-order chi connectivity index (χ0) is 17.8. The summed E-state index contributed by atoms with van der Waals surface area (Å²) in [6.45, 7) is 2.50. The third-order valence-corrected chi connectivity index (χ3v) is 4.81. The third-order valence-electron chi connectivity index (χ3n) is 4.57. The van der Waals surface area contributed by atoms with Crippen LogP contribution in [0.25, 0.3) is 0 Å². The Morgan fingerprint density at radius 2 is 1.96 bits per heavy atom. The Bertz CT molecular complexity index is 899. The van der Waals surface area contributed by atoms with E-state index in [1.54, 1.807) is 6.20 Å². The van der Waals surface area contributed by atoms with Crippen molar-refractivity contribution in [2.75, 3.05) is 23.3 Å². The Morgan fingerprint density at radius 1 is 1.08 bits per heavy atom. The Balaban J connectivity index is 1.39. The van der Waals surface area contributed by atoms with Gasteiger partial charge in [-0.25, -0.2) is 0 Å². The van der Waals surface area contributed by atoms with E-state index < -0.39 is 0 Å². The normalized spacial score (nSPS) is 13.3. The minimum Gasteiger partial charge on any atom is -0.368 e. The maximum Gasteiger partial charge on any atom is 0.247 e. The molecule has 6 heteroatoms. The van der Waals surface area contributed by atoms with Gasteiger partial charge >= 0.3 is 0 Å². The van der Waals surface area contributed by atoms with Gasteiger partial charge in [0, 0.05) is 24.7 Å². The number of anilines is 2. The van der Waals surface area contributed by atoms with Gasteiger partial charge in [-0.1, -0.05) is 48.0 Å². The van der Waals surface area contributed by atoms with Crippen molar-refractivity contribution in [1.82, 2.24) is 15.2 Å². The fourth-order valence-corrected chi connectivity index (χ4v) is 3.42. The molecule has 1 aliphatic rings. The molecular weight excluding hydrogens is 346 g/mol. The zero-order valence-corrected chi connectivity index (χ0v) is 15.2. The smallest absolute Gasteiger partial charge is 0.247 e. The summed E-state index contributed by atoms with van der Waals surface area (Å²) < 4.78 is 0. The SMILES string of the molecule is Clc1cccc(CCNc2cnnc(N3CCc4ccccc4C3)n2)c1. The van der Waals surface area contributed by atoms with Crippen molar-refractivity contribution < 1.29 is 0 Å². The van der Waals surface area contributed by atoms with Crippen LogP contribution in [-0.4, -0.2) is 28.3 Å². The highest BCUT2D eigenvalue weighted by molar-refractivity contribution is 6.30. The van der Waals surface area contributed by atoms with Crippen LogP contribution in [0.3, 0.4) is 0 Å². The highest BCUT2D eigenvalue weighted by atomic mass is 35.5. The van der Waals surface area contributed by atoms with E-state index in [1.165, 1.54) is 16.7 Å². The van der Waals surface area contributed by atoms with E-state index in [4.69, 9.17) is 11.6 Å². The number of hydrogen-bond acceptors (Lipinski definition) is 5. The molecule has 1 N–H and O–H groups in total. The number of nitrogens with zero attached hydrogens (tertiary/aromatic N) is 4. The molecular formula is C20H20ClN5. The molecule has 0 atom stereocenters. The van der Waals surface area contributed by atoms with E-state index in [2.05, 4.69) is 55.7 Å². The molecule has 3 aromatic rings. The lowest BCUT2D eigenvalue weighted by Crippen LogP contribution is -2.32. The molecule has 0 unspecified atom stereocenters. The molecule has 0 fully saturated rings. The highest BCUT2D eigenvalue weighted by Crippen LogP contribution is 2.22. The second-order valence-electron chi connectivity index (χ2n) is 6.39. The number of rotatable bonds is 5. The van der Waals surface area contributed by atoms with Gasteiger partial charge in [-0.05, 0) is 41.7 Å². The first-order valence-corrected chi connectivity index (χ1v) is 9.15. The number of hydrogen-bond donors (Lipinski definition) is 1. The molecule has 26 heavy (non-hydrogen) atoms. The summed E-state index contributed by atoms with van der Waals surface area (Å²) >= 11 is 6.03. The van der Waals surface area contributed by atoms with Gasteiger partial charge in [-0.3, -0.25) is 0 Å². The van der Waals surface area contributed by atoms with Gasteiger partial charge in [0.2, 0.25) is 5.95 Å². The minimum atomic E-state index is 0.673. The van der Waals surface area contributed by atoms with Gasteiger partial charge in [0.25, 0.3) is 0 Å². The average molecular weight is 366 g/mol. The van der Waals surface area contributed by atoms with Crippen LogP contribution in [0.1, 0.15) is 16.7 Å². The van der Waals surface area contributed by atoms with Crippen LogP contribution in [0.2, 0.25) is 5.02 Å². The van der Waals surface area contributed by atoms with Gasteiger partial charge in [0.1, 0.15) is 0 Å². The molecule has 0 aliphatic carbocycles. The molecule has 0 spiro atoms. The maximum atomic E-state index is 6.03. The summed E-state index contributed by atoms with van der Waals surface area (Å²) in [5, 5.41) is 12.4. The molecule has 0 radical (unpaired) electrons. The molecule has 0 bridgehead atoms. The first-order valence-electron chi connectivity index (χ1n) is 8.78. The van der Waals surface area contributed by atoms with Gasteiger partial charge in [0.15, 0.2) is 5.82 Å². The second kappa shape index (κ2) is 7.70. The first-order chi connectivity index (χ1) is 12.8. The monoisotopic (exact) mass is 365 g/mol. The molecule has 4 rings (SSSR count). The van der Waals surface area contributed by atoms with Crippen LogP contribution in [0.4, 0.5) is 11.8 Å². The lowest BCUT2D eigenvalue weighted by molar-refractivity contribution is 0.697. The topological polar surface area (TPSA) is 53.9 Å². The average Bonchev–Trinajstić information content (AvgIpc) is 2.68. The predicted molar refractivity (Wildman–Crippen MR) is 105 cm³/mol. The number of fused-ring (bicyclic) bond motifs is 1. The van der Waals surface area contributed by atoms with Crippen molar-refractivity contribution in [2.45, 2.75) is 19.4 Å². The largest absolute Gasteiger partial charge is 0.368 e. The van der Waals surface area contributed by atoms with Gasteiger partial charge < -0.3 is 10.2 Å². The molecule has 1 aromatic heterocycles. The lowest BCUT2D eigenvalue weighted by Gasteiger charge is -2.28. The fourth-order valence-electron chi connectivity index (χ4n) is 3.21. The minimum absolute atomic E-state index is 0.673. The van der Waals surface area contributed by atoms with E-state index in [1.807, 2.05) is 18.2 Å². The van der Waals surface area contributed by atoms with E-state index in [-0.39, 0.29) is 0 Å². The van der Waals surface area contributed by atoms with Crippen molar-refractivity contribution in [2.24, 2.45) is 0 Å². The molecule has 132 valence electrons. The van der Waals surface area contributed by atoms with Crippen LogP contribution in [-0.2, 0) is 19.4 Å². The molecule has 0 saturated carbocycles. The van der Waals surface area contributed by atoms with E-state index in [0.717, 1.165) is 43.3 Å². The quantitative estimate of drug-likeness (QED) is 0.746. The molecule has 2 aromatic carbocycles. The molecule has 5 nitrogen and oxygen atoms in total. The maximum absolute atomic E-state index is 6.03. The summed E-state index contributed by atoms with van der Waals surface area (Å²) in [5.41, 5.74) is 3.94.